The van der Waals surface area contributed by atoms with E-state index >= 15 is 0 Å². The first-order valence-corrected chi connectivity index (χ1v) is 7.64. The summed E-state index contributed by atoms with van der Waals surface area (Å²) < 4.78 is 10.4. The van der Waals surface area contributed by atoms with Gasteiger partial charge in [0.05, 0.1) is 25.2 Å². The van der Waals surface area contributed by atoms with Gasteiger partial charge in [0.25, 0.3) is 6.02 Å². The molecule has 1 unspecified atom stereocenters. The third kappa shape index (κ3) is 2.12. The summed E-state index contributed by atoms with van der Waals surface area (Å²) in [6.45, 7) is 0.209. The molecule has 122 valence electrons. The van der Waals surface area contributed by atoms with E-state index in [1.165, 1.54) is 0 Å². The lowest BCUT2D eigenvalue weighted by atomic mass is 9.76. The van der Waals surface area contributed by atoms with Crippen LogP contribution < -0.4 is 10.5 Å². The van der Waals surface area contributed by atoms with Crippen LogP contribution in [-0.2, 0) is 11.2 Å². The topological polar surface area (TPSA) is 99.7 Å². The summed E-state index contributed by atoms with van der Waals surface area (Å²) >= 11 is 0. The Labute approximate surface area is 138 Å². The van der Waals surface area contributed by atoms with E-state index in [1.807, 2.05) is 18.2 Å². The van der Waals surface area contributed by atoms with Crippen LogP contribution in [0.15, 0.2) is 35.6 Å². The number of nitrogens with zero attached hydrogens (tertiary/aromatic N) is 3. The monoisotopic (exact) mass is 324 g/mol. The number of benzene rings is 1. The molecule has 2 aliphatic rings. The predicted octanol–water partition coefficient (Wildman–Crippen LogP) is 1.36. The molecule has 1 aliphatic heterocycles. The predicted molar refractivity (Wildman–Crippen MR) is 87.0 cm³/mol. The highest BCUT2D eigenvalue weighted by atomic mass is 16.5. The molecule has 2 N–H and O–H groups in total. The van der Waals surface area contributed by atoms with Gasteiger partial charge in [0.2, 0.25) is 5.88 Å². The highest BCUT2D eigenvalue weighted by Gasteiger charge is 2.47. The molecule has 0 saturated carbocycles. The van der Waals surface area contributed by atoms with Crippen molar-refractivity contribution in [1.29, 1.82) is 0 Å². The number of aromatic nitrogens is 2. The Morgan fingerprint density at radius 1 is 1.29 bits per heavy atom. The second-order valence-corrected chi connectivity index (χ2v) is 5.88. The molecule has 0 radical (unpaired) electrons. The van der Waals surface area contributed by atoms with E-state index < -0.39 is 5.54 Å². The van der Waals surface area contributed by atoms with Gasteiger partial charge < -0.3 is 15.2 Å². The SMILES string of the molecule is COc1cncc(-c2cccc3c2CCC2(COC(N)=N2)C3=O)n1. The number of ketones is 1. The summed E-state index contributed by atoms with van der Waals surface area (Å²) in [5.41, 5.74) is 7.91. The van der Waals surface area contributed by atoms with Gasteiger partial charge in [-0.05, 0) is 18.4 Å². The smallest absolute Gasteiger partial charge is 0.283 e. The zero-order chi connectivity index (χ0) is 16.7. The quantitative estimate of drug-likeness (QED) is 0.895. The molecule has 0 bridgehead atoms. The van der Waals surface area contributed by atoms with Gasteiger partial charge in [0.15, 0.2) is 11.3 Å². The molecular weight excluding hydrogens is 308 g/mol. The van der Waals surface area contributed by atoms with Crippen molar-refractivity contribution >= 4 is 11.8 Å². The molecule has 1 spiro atoms. The number of ether oxygens (including phenoxy) is 2. The van der Waals surface area contributed by atoms with Crippen molar-refractivity contribution in [3.63, 3.8) is 0 Å². The maximum Gasteiger partial charge on any atom is 0.283 e. The molecule has 4 rings (SSSR count). The minimum Gasteiger partial charge on any atom is -0.480 e. The summed E-state index contributed by atoms with van der Waals surface area (Å²) in [6.07, 6.45) is 4.47. The van der Waals surface area contributed by atoms with Gasteiger partial charge >= 0.3 is 0 Å². The minimum atomic E-state index is -0.879. The average molecular weight is 324 g/mol. The van der Waals surface area contributed by atoms with Gasteiger partial charge in [-0.3, -0.25) is 9.78 Å². The first-order valence-electron chi connectivity index (χ1n) is 7.64. The van der Waals surface area contributed by atoms with Crippen molar-refractivity contribution in [2.75, 3.05) is 13.7 Å². The van der Waals surface area contributed by atoms with Crippen molar-refractivity contribution < 1.29 is 14.3 Å². The molecule has 24 heavy (non-hydrogen) atoms. The minimum absolute atomic E-state index is 0.0538. The Morgan fingerprint density at radius 2 is 2.12 bits per heavy atom. The molecule has 1 aromatic carbocycles. The van der Waals surface area contributed by atoms with Crippen molar-refractivity contribution in [3.8, 4) is 17.1 Å². The Hall–Kier alpha value is -2.96. The number of fused-ring (bicyclic) bond motifs is 1. The highest BCUT2D eigenvalue weighted by Crippen LogP contribution is 2.38. The van der Waals surface area contributed by atoms with E-state index in [0.29, 0.717) is 30.0 Å². The third-order valence-electron chi connectivity index (χ3n) is 4.51. The highest BCUT2D eigenvalue weighted by molar-refractivity contribution is 6.08. The number of carbonyl (C=O) groups excluding carboxylic acids is 1. The largest absolute Gasteiger partial charge is 0.480 e. The lowest BCUT2D eigenvalue weighted by Crippen LogP contribution is -2.42. The van der Waals surface area contributed by atoms with Crippen molar-refractivity contribution in [1.82, 2.24) is 9.97 Å². The molecule has 1 atom stereocenters. The summed E-state index contributed by atoms with van der Waals surface area (Å²) in [5, 5.41) is 0. The lowest BCUT2D eigenvalue weighted by Gasteiger charge is -2.29. The van der Waals surface area contributed by atoms with Gasteiger partial charge in [0.1, 0.15) is 6.61 Å². The van der Waals surface area contributed by atoms with Crippen LogP contribution in [0.25, 0.3) is 11.3 Å². The molecule has 0 saturated heterocycles. The molecule has 1 aliphatic carbocycles. The number of hydrogen-bond donors (Lipinski definition) is 1. The average Bonchev–Trinajstić information content (AvgIpc) is 3.00. The summed E-state index contributed by atoms with van der Waals surface area (Å²) in [4.78, 5) is 25.8. The van der Waals surface area contributed by atoms with E-state index in [9.17, 15) is 4.79 Å². The number of nitrogens with two attached hydrogens (primary N) is 1. The summed E-state index contributed by atoms with van der Waals surface area (Å²) in [7, 11) is 1.55. The standard InChI is InChI=1S/C17H16N4O3/c1-23-14-8-19-7-13(20-14)11-3-2-4-12-10(11)5-6-17(15(12)22)9-24-16(18)21-17/h2-4,7-8H,5-6,9H2,1H3,(H2,18,21). The number of methoxy groups -OCH3 is 1. The molecule has 2 aromatic rings. The number of aliphatic imine (C=N–C) groups is 1. The normalized spacial score (nSPS) is 22.0. The van der Waals surface area contributed by atoms with Crippen LogP contribution in [0.4, 0.5) is 0 Å². The van der Waals surface area contributed by atoms with Crippen LogP contribution in [0.1, 0.15) is 22.3 Å². The van der Waals surface area contributed by atoms with E-state index in [0.717, 1.165) is 11.1 Å². The first kappa shape index (κ1) is 14.6. The second kappa shape index (κ2) is 5.30. The zero-order valence-corrected chi connectivity index (χ0v) is 13.2. The first-order chi connectivity index (χ1) is 11.6. The van der Waals surface area contributed by atoms with Gasteiger partial charge in [-0.25, -0.2) is 9.98 Å². The third-order valence-corrected chi connectivity index (χ3v) is 4.51. The van der Waals surface area contributed by atoms with Crippen LogP contribution in [0.2, 0.25) is 0 Å². The fourth-order valence-corrected chi connectivity index (χ4v) is 3.29. The van der Waals surface area contributed by atoms with Crippen LogP contribution in [0, 0.1) is 0 Å². The number of rotatable bonds is 2. The molecule has 1 aromatic heterocycles. The maximum atomic E-state index is 13.0. The maximum absolute atomic E-state index is 13.0. The molecule has 7 heteroatoms. The number of hydrogen-bond acceptors (Lipinski definition) is 7. The van der Waals surface area contributed by atoms with E-state index in [4.69, 9.17) is 15.2 Å². The van der Waals surface area contributed by atoms with Crippen molar-refractivity contribution in [3.05, 3.63) is 41.7 Å². The van der Waals surface area contributed by atoms with Crippen molar-refractivity contribution in [2.45, 2.75) is 18.4 Å². The Morgan fingerprint density at radius 3 is 2.88 bits per heavy atom. The fraction of sp³-hybridized carbons (Fsp3) is 0.294. The van der Waals surface area contributed by atoms with Crippen molar-refractivity contribution in [2.24, 2.45) is 10.7 Å². The fourth-order valence-electron chi connectivity index (χ4n) is 3.29. The van der Waals surface area contributed by atoms with Crippen LogP contribution in [0.5, 0.6) is 5.88 Å². The van der Waals surface area contributed by atoms with Crippen LogP contribution in [-0.4, -0.2) is 41.0 Å². The molecule has 7 nitrogen and oxygen atoms in total. The van der Waals surface area contributed by atoms with E-state index in [2.05, 4.69) is 15.0 Å². The van der Waals surface area contributed by atoms with Crippen LogP contribution >= 0.6 is 0 Å². The van der Waals surface area contributed by atoms with Gasteiger partial charge in [-0.2, -0.15) is 0 Å². The summed E-state index contributed by atoms with van der Waals surface area (Å²) in [6, 6.07) is 5.69. The summed E-state index contributed by atoms with van der Waals surface area (Å²) in [5.74, 6) is 0.382. The molecular formula is C17H16N4O3. The van der Waals surface area contributed by atoms with E-state index in [1.54, 1.807) is 19.5 Å². The molecule has 0 fully saturated rings. The van der Waals surface area contributed by atoms with Crippen LogP contribution in [0.3, 0.4) is 0 Å². The van der Waals surface area contributed by atoms with Gasteiger partial charge in [-0.15, -0.1) is 0 Å². The van der Waals surface area contributed by atoms with Gasteiger partial charge in [-0.1, -0.05) is 18.2 Å². The Balaban J connectivity index is 1.81. The number of Topliss-reactive ketones (excluding diaryl/α,β-unsaturated/α-hetero) is 1. The molecule has 0 amide bonds. The number of carbonyl (C=O) groups is 1. The second-order valence-electron chi connectivity index (χ2n) is 5.88. The number of amidine groups is 1. The zero-order valence-electron chi connectivity index (χ0n) is 13.2. The van der Waals surface area contributed by atoms with Gasteiger partial charge in [0, 0.05) is 11.1 Å². The lowest BCUT2D eigenvalue weighted by molar-refractivity contribution is 0.0835. The Kier molecular flexibility index (Phi) is 3.23. The Bertz CT molecular complexity index is 865. The molecule has 2 heterocycles. The van der Waals surface area contributed by atoms with E-state index in [-0.39, 0.29) is 18.4 Å².